The van der Waals surface area contributed by atoms with Gasteiger partial charge in [-0.3, -0.25) is 4.79 Å². The van der Waals surface area contributed by atoms with Gasteiger partial charge in [0.15, 0.2) is 6.61 Å². The molecular formula is C16H11ClF3NO3. The Hall–Kier alpha value is -2.54. The zero-order valence-corrected chi connectivity index (χ0v) is 12.8. The number of hydrogen-bond acceptors (Lipinski definition) is 3. The second-order valence-electron chi connectivity index (χ2n) is 4.68. The van der Waals surface area contributed by atoms with Crippen LogP contribution in [-0.2, 0) is 15.7 Å². The van der Waals surface area contributed by atoms with Crippen molar-refractivity contribution in [2.45, 2.75) is 6.18 Å². The van der Waals surface area contributed by atoms with Gasteiger partial charge in [-0.2, -0.15) is 13.2 Å². The van der Waals surface area contributed by atoms with Crippen molar-refractivity contribution in [3.05, 3.63) is 64.7 Å². The molecule has 2 rings (SSSR count). The third-order valence-corrected chi connectivity index (χ3v) is 3.13. The van der Waals surface area contributed by atoms with Crippen molar-refractivity contribution >= 4 is 29.2 Å². The van der Waals surface area contributed by atoms with E-state index >= 15 is 0 Å². The summed E-state index contributed by atoms with van der Waals surface area (Å²) in [5.41, 5.74) is -1.40. The van der Waals surface area contributed by atoms with E-state index in [9.17, 15) is 22.8 Å². The Morgan fingerprint density at radius 3 is 2.46 bits per heavy atom. The highest BCUT2D eigenvalue weighted by Crippen LogP contribution is 2.32. The summed E-state index contributed by atoms with van der Waals surface area (Å²) in [4.78, 5) is 23.5. The summed E-state index contributed by atoms with van der Waals surface area (Å²) in [5.74, 6) is -1.93. The van der Waals surface area contributed by atoms with Gasteiger partial charge in [0.1, 0.15) is 0 Å². The maximum Gasteiger partial charge on any atom is 0.417 e. The Kier molecular flexibility index (Phi) is 5.46. The van der Waals surface area contributed by atoms with Crippen LogP contribution in [0.25, 0.3) is 0 Å². The summed E-state index contributed by atoms with van der Waals surface area (Å²) in [6.45, 7) is -0.725. The lowest BCUT2D eigenvalue weighted by molar-refractivity contribution is -0.138. The van der Waals surface area contributed by atoms with Gasteiger partial charge in [-0.1, -0.05) is 29.8 Å². The van der Waals surface area contributed by atoms with E-state index in [0.29, 0.717) is 10.7 Å². The molecule has 0 saturated heterocycles. The molecule has 24 heavy (non-hydrogen) atoms. The van der Waals surface area contributed by atoms with E-state index in [0.717, 1.165) is 18.2 Å². The number of alkyl halides is 3. The molecule has 0 aliphatic heterocycles. The van der Waals surface area contributed by atoms with Gasteiger partial charge in [0.25, 0.3) is 5.91 Å². The van der Waals surface area contributed by atoms with E-state index in [-0.39, 0.29) is 0 Å². The fourth-order valence-electron chi connectivity index (χ4n) is 1.88. The maximum atomic E-state index is 12.8. The number of rotatable bonds is 4. The highest BCUT2D eigenvalue weighted by atomic mass is 35.5. The van der Waals surface area contributed by atoms with Crippen LogP contribution < -0.4 is 5.32 Å². The van der Waals surface area contributed by atoms with Crippen LogP contribution in [0.5, 0.6) is 0 Å². The summed E-state index contributed by atoms with van der Waals surface area (Å²) >= 11 is 5.75. The van der Waals surface area contributed by atoms with Crippen LogP contribution in [0.4, 0.5) is 18.9 Å². The van der Waals surface area contributed by atoms with Crippen LogP contribution in [0.15, 0.2) is 48.5 Å². The molecule has 8 heteroatoms. The van der Waals surface area contributed by atoms with Gasteiger partial charge < -0.3 is 10.1 Å². The van der Waals surface area contributed by atoms with Crippen LogP contribution >= 0.6 is 11.6 Å². The molecule has 0 saturated carbocycles. The highest BCUT2D eigenvalue weighted by molar-refractivity contribution is 6.30. The smallest absolute Gasteiger partial charge is 0.417 e. The second kappa shape index (κ2) is 7.35. The van der Waals surface area contributed by atoms with E-state index in [2.05, 4.69) is 10.1 Å². The Morgan fingerprint density at radius 2 is 1.79 bits per heavy atom. The van der Waals surface area contributed by atoms with Gasteiger partial charge in [0, 0.05) is 10.7 Å². The van der Waals surface area contributed by atoms with Gasteiger partial charge in [-0.05, 0) is 30.3 Å². The van der Waals surface area contributed by atoms with Gasteiger partial charge in [0.2, 0.25) is 0 Å². The van der Waals surface area contributed by atoms with E-state index in [4.69, 9.17) is 11.6 Å². The standard InChI is InChI=1S/C16H11ClF3NO3/c17-10-4-3-5-11(8-10)21-14(22)9-24-15(23)12-6-1-2-7-13(12)16(18,19)20/h1-8H,9H2,(H,21,22). The molecule has 126 valence electrons. The van der Waals surface area contributed by atoms with Crippen molar-refractivity contribution in [3.8, 4) is 0 Å². The van der Waals surface area contributed by atoms with Crippen LogP contribution in [0.1, 0.15) is 15.9 Å². The third kappa shape index (κ3) is 4.73. The van der Waals surface area contributed by atoms with Crippen molar-refractivity contribution in [2.75, 3.05) is 11.9 Å². The number of nitrogens with one attached hydrogen (secondary N) is 1. The molecule has 1 amide bonds. The fraction of sp³-hybridized carbons (Fsp3) is 0.125. The lowest BCUT2D eigenvalue weighted by atomic mass is 10.1. The minimum absolute atomic E-state index is 0.374. The minimum atomic E-state index is -4.70. The minimum Gasteiger partial charge on any atom is -0.452 e. The molecule has 0 fully saturated rings. The molecule has 1 N–H and O–H groups in total. The number of amides is 1. The first-order chi connectivity index (χ1) is 11.3. The van der Waals surface area contributed by atoms with Gasteiger partial charge in [-0.15, -0.1) is 0 Å². The number of benzene rings is 2. The number of carbonyl (C=O) groups excluding carboxylic acids is 2. The maximum absolute atomic E-state index is 12.8. The molecule has 0 aliphatic rings. The topological polar surface area (TPSA) is 55.4 Å². The first kappa shape index (κ1) is 17.8. The molecule has 0 atom stereocenters. The first-order valence-corrected chi connectivity index (χ1v) is 7.04. The predicted molar refractivity (Wildman–Crippen MR) is 81.8 cm³/mol. The zero-order chi connectivity index (χ0) is 17.7. The SMILES string of the molecule is O=C(COC(=O)c1ccccc1C(F)(F)F)Nc1cccc(Cl)c1. The van der Waals surface area contributed by atoms with Crippen molar-refractivity contribution in [1.82, 2.24) is 0 Å². The molecular weight excluding hydrogens is 347 g/mol. The summed E-state index contributed by atoms with van der Waals surface area (Å²) in [6.07, 6.45) is -4.70. The summed E-state index contributed by atoms with van der Waals surface area (Å²) < 4.78 is 43.1. The zero-order valence-electron chi connectivity index (χ0n) is 12.1. The molecule has 2 aromatic rings. The predicted octanol–water partition coefficient (Wildman–Crippen LogP) is 4.15. The number of halogens is 4. The molecule has 2 aromatic carbocycles. The number of ether oxygens (including phenoxy) is 1. The van der Waals surface area contributed by atoms with Crippen LogP contribution in [0.3, 0.4) is 0 Å². The Bertz CT molecular complexity index is 762. The Morgan fingerprint density at radius 1 is 1.08 bits per heavy atom. The summed E-state index contributed by atoms with van der Waals surface area (Å²) in [6, 6.07) is 10.4. The van der Waals surface area contributed by atoms with Crippen LogP contribution in [-0.4, -0.2) is 18.5 Å². The molecule has 0 aliphatic carbocycles. The van der Waals surface area contributed by atoms with Crippen molar-refractivity contribution in [2.24, 2.45) is 0 Å². The summed E-state index contributed by atoms with van der Waals surface area (Å²) in [7, 11) is 0. The Labute approximate surface area is 140 Å². The normalized spacial score (nSPS) is 11.0. The second-order valence-corrected chi connectivity index (χ2v) is 5.11. The molecule has 0 heterocycles. The number of esters is 1. The van der Waals surface area contributed by atoms with Crippen molar-refractivity contribution in [1.29, 1.82) is 0 Å². The van der Waals surface area contributed by atoms with Gasteiger partial charge in [-0.25, -0.2) is 4.79 Å². The molecule has 0 spiro atoms. The number of anilines is 1. The quantitative estimate of drug-likeness (QED) is 0.836. The average molecular weight is 358 g/mol. The van der Waals surface area contributed by atoms with E-state index in [1.807, 2.05) is 0 Å². The van der Waals surface area contributed by atoms with E-state index in [1.165, 1.54) is 12.1 Å². The van der Waals surface area contributed by atoms with E-state index < -0.39 is 35.8 Å². The third-order valence-electron chi connectivity index (χ3n) is 2.90. The van der Waals surface area contributed by atoms with Crippen molar-refractivity contribution < 1.29 is 27.5 Å². The molecule has 0 unspecified atom stereocenters. The lowest BCUT2D eigenvalue weighted by Gasteiger charge is -2.12. The first-order valence-electron chi connectivity index (χ1n) is 6.66. The number of carbonyl (C=O) groups is 2. The average Bonchev–Trinajstić information content (AvgIpc) is 2.52. The molecule has 0 radical (unpaired) electrons. The van der Waals surface area contributed by atoms with E-state index in [1.54, 1.807) is 18.2 Å². The molecule has 0 bridgehead atoms. The fourth-order valence-corrected chi connectivity index (χ4v) is 2.07. The highest BCUT2D eigenvalue weighted by Gasteiger charge is 2.35. The van der Waals surface area contributed by atoms with Gasteiger partial charge in [0.05, 0.1) is 11.1 Å². The summed E-state index contributed by atoms with van der Waals surface area (Å²) in [5, 5.41) is 2.80. The molecule has 4 nitrogen and oxygen atoms in total. The molecule has 0 aromatic heterocycles. The van der Waals surface area contributed by atoms with Crippen molar-refractivity contribution in [3.63, 3.8) is 0 Å². The monoisotopic (exact) mass is 357 g/mol. The van der Waals surface area contributed by atoms with Crippen LogP contribution in [0.2, 0.25) is 5.02 Å². The number of hydrogen-bond donors (Lipinski definition) is 1. The van der Waals surface area contributed by atoms with Gasteiger partial charge >= 0.3 is 12.1 Å². The lowest BCUT2D eigenvalue weighted by Crippen LogP contribution is -2.22. The largest absolute Gasteiger partial charge is 0.452 e. The Balaban J connectivity index is 2.00. The van der Waals surface area contributed by atoms with Crippen LogP contribution in [0, 0.1) is 0 Å².